The predicted molar refractivity (Wildman–Crippen MR) is 136 cm³/mol. The van der Waals surface area contributed by atoms with Crippen LogP contribution in [-0.2, 0) is 39.9 Å². The van der Waals surface area contributed by atoms with E-state index in [1.807, 2.05) is 0 Å². The molecule has 0 bridgehead atoms. The molecule has 0 radical (unpaired) electrons. The number of hydrogen-bond donors (Lipinski definition) is 4. The Hall–Kier alpha value is -2.77. The zero-order valence-electron chi connectivity index (χ0n) is 22.1. The molecule has 0 fully saturated rings. The van der Waals surface area contributed by atoms with Gasteiger partial charge in [0.15, 0.2) is 0 Å². The van der Waals surface area contributed by atoms with Crippen LogP contribution >= 0.6 is 0 Å². The Balaban J connectivity index is 2.28. The molecule has 0 saturated carbocycles. The molecule has 0 spiro atoms. The maximum absolute atomic E-state index is 12.7. The molecule has 3 amide bonds. The van der Waals surface area contributed by atoms with Gasteiger partial charge in [0.25, 0.3) is 0 Å². The van der Waals surface area contributed by atoms with Crippen LogP contribution < -0.4 is 16.0 Å². The Morgan fingerprint density at radius 2 is 1.32 bits per heavy atom. The number of ether oxygens (including phenoxy) is 5. The number of carbonyl (C=O) groups is 3. The summed E-state index contributed by atoms with van der Waals surface area (Å²) >= 11 is 0. The van der Waals surface area contributed by atoms with Gasteiger partial charge in [-0.15, -0.1) is 0 Å². The molecule has 37 heavy (non-hydrogen) atoms. The first-order chi connectivity index (χ1) is 17.8. The Morgan fingerprint density at radius 3 is 1.84 bits per heavy atom. The second-order valence-corrected chi connectivity index (χ2v) is 8.41. The van der Waals surface area contributed by atoms with Gasteiger partial charge >= 0.3 is 6.09 Å². The molecule has 0 saturated heterocycles. The van der Waals surface area contributed by atoms with Crippen molar-refractivity contribution >= 4 is 23.6 Å². The monoisotopic (exact) mass is 527 g/mol. The summed E-state index contributed by atoms with van der Waals surface area (Å²) in [5.74, 6) is -1.18. The van der Waals surface area contributed by atoms with Crippen LogP contribution in [-0.4, -0.2) is 95.1 Å². The zero-order chi connectivity index (χ0) is 27.5. The molecule has 0 aromatic heterocycles. The minimum Gasteiger partial charge on any atom is -0.447 e. The number of carbonyl (C=O) groups excluding carboxylic acids is 3. The van der Waals surface area contributed by atoms with Crippen LogP contribution in [0.15, 0.2) is 24.3 Å². The zero-order valence-corrected chi connectivity index (χ0v) is 22.1. The van der Waals surface area contributed by atoms with Gasteiger partial charge in [0.05, 0.1) is 52.9 Å². The van der Waals surface area contributed by atoms with Crippen LogP contribution in [0.1, 0.15) is 26.3 Å². The molecule has 0 aliphatic rings. The predicted octanol–water partition coefficient (Wildman–Crippen LogP) is 1.07. The van der Waals surface area contributed by atoms with Crippen molar-refractivity contribution in [1.29, 1.82) is 0 Å². The summed E-state index contributed by atoms with van der Waals surface area (Å²) in [5.41, 5.74) is 1.25. The third kappa shape index (κ3) is 14.5. The second kappa shape index (κ2) is 19.4. The highest BCUT2D eigenvalue weighted by molar-refractivity contribution is 5.98. The summed E-state index contributed by atoms with van der Waals surface area (Å²) in [5, 5.41) is 16.9. The molecule has 12 nitrogen and oxygen atoms in total. The third-order valence-electron chi connectivity index (χ3n) is 5.02. The smallest absolute Gasteiger partial charge is 0.407 e. The van der Waals surface area contributed by atoms with Crippen LogP contribution in [0.3, 0.4) is 0 Å². The lowest BCUT2D eigenvalue weighted by Crippen LogP contribution is -2.53. The van der Waals surface area contributed by atoms with Crippen LogP contribution in [0, 0.1) is 5.92 Å². The average molecular weight is 528 g/mol. The molecule has 2 atom stereocenters. The standard InChI is InChI=1S/C25H41N3O9/c1-18(2)22(24(31)26-19(3)23(30)27-21-7-5-20(17-29)6-8-21)28-25(32)37-16-15-36-14-13-35-12-11-34-10-9-33-4/h5-8,18-19,22,29H,9-17H2,1-4H3,(H,26,31)(H,27,30)(H,28,32)/t19-,22-/m0/s1. The van der Waals surface area contributed by atoms with Gasteiger partial charge in [-0.2, -0.15) is 0 Å². The summed E-state index contributed by atoms with van der Waals surface area (Å²) in [6.07, 6.45) is -0.761. The molecule has 4 N–H and O–H groups in total. The van der Waals surface area contributed by atoms with Crippen molar-refractivity contribution in [2.75, 3.05) is 65.3 Å². The Bertz CT molecular complexity index is 790. The largest absolute Gasteiger partial charge is 0.447 e. The van der Waals surface area contributed by atoms with E-state index < -0.39 is 30.0 Å². The molecule has 0 unspecified atom stereocenters. The minimum absolute atomic E-state index is 0.00623. The van der Waals surface area contributed by atoms with Gasteiger partial charge < -0.3 is 44.7 Å². The number of aliphatic hydroxyl groups is 1. The molecule has 0 heterocycles. The van der Waals surface area contributed by atoms with Gasteiger partial charge in [-0.25, -0.2) is 4.79 Å². The summed E-state index contributed by atoms with van der Waals surface area (Å²) < 4.78 is 25.9. The van der Waals surface area contributed by atoms with E-state index in [9.17, 15) is 14.4 Å². The highest BCUT2D eigenvalue weighted by atomic mass is 16.6. The van der Waals surface area contributed by atoms with Crippen molar-refractivity contribution in [3.8, 4) is 0 Å². The van der Waals surface area contributed by atoms with Gasteiger partial charge in [0.2, 0.25) is 11.8 Å². The van der Waals surface area contributed by atoms with Crippen molar-refractivity contribution in [3.63, 3.8) is 0 Å². The fourth-order valence-electron chi connectivity index (χ4n) is 2.89. The van der Waals surface area contributed by atoms with Gasteiger partial charge in [0.1, 0.15) is 18.7 Å². The van der Waals surface area contributed by atoms with E-state index in [0.29, 0.717) is 50.9 Å². The number of hydrogen-bond acceptors (Lipinski definition) is 9. The summed E-state index contributed by atoms with van der Waals surface area (Å²) in [7, 11) is 1.61. The van der Waals surface area contributed by atoms with E-state index in [-0.39, 0.29) is 25.7 Å². The molecule has 0 aliphatic carbocycles. The van der Waals surface area contributed by atoms with Crippen LogP contribution in [0.25, 0.3) is 0 Å². The van der Waals surface area contributed by atoms with Crippen molar-refractivity contribution in [1.82, 2.24) is 10.6 Å². The molecule has 1 aromatic carbocycles. The Morgan fingerprint density at radius 1 is 0.784 bits per heavy atom. The number of anilines is 1. The topological polar surface area (TPSA) is 154 Å². The number of nitrogens with one attached hydrogen (secondary N) is 3. The molecule has 0 aliphatic heterocycles. The number of methoxy groups -OCH3 is 1. The maximum Gasteiger partial charge on any atom is 0.407 e. The normalized spacial score (nSPS) is 12.6. The maximum atomic E-state index is 12.7. The Kier molecular flexibility index (Phi) is 16.9. The van der Waals surface area contributed by atoms with E-state index in [1.54, 1.807) is 52.1 Å². The third-order valence-corrected chi connectivity index (χ3v) is 5.02. The van der Waals surface area contributed by atoms with Gasteiger partial charge in [0, 0.05) is 12.8 Å². The first-order valence-corrected chi connectivity index (χ1v) is 12.2. The van der Waals surface area contributed by atoms with E-state index in [1.165, 1.54) is 0 Å². The summed E-state index contributed by atoms with van der Waals surface area (Å²) in [6.45, 7) is 7.87. The Labute approximate surface area is 218 Å². The number of rotatable bonds is 19. The number of benzene rings is 1. The SMILES string of the molecule is COCCOCCOCCOCCOC(=O)N[C@H](C(=O)N[C@@H](C)C(=O)Nc1ccc(CO)cc1)C(C)C. The van der Waals surface area contributed by atoms with Crippen LogP contribution in [0.2, 0.25) is 0 Å². The van der Waals surface area contributed by atoms with Gasteiger partial charge in [-0.05, 0) is 30.5 Å². The lowest BCUT2D eigenvalue weighted by atomic mass is 10.0. The van der Waals surface area contributed by atoms with Crippen molar-refractivity contribution < 1.29 is 43.2 Å². The van der Waals surface area contributed by atoms with E-state index in [0.717, 1.165) is 0 Å². The first-order valence-electron chi connectivity index (χ1n) is 12.2. The number of amides is 3. The highest BCUT2D eigenvalue weighted by Gasteiger charge is 2.27. The molecule has 1 aromatic rings. The highest BCUT2D eigenvalue weighted by Crippen LogP contribution is 2.10. The van der Waals surface area contributed by atoms with Gasteiger partial charge in [-0.1, -0.05) is 26.0 Å². The molecule has 1 rings (SSSR count). The van der Waals surface area contributed by atoms with Crippen LogP contribution in [0.4, 0.5) is 10.5 Å². The van der Waals surface area contributed by atoms with E-state index >= 15 is 0 Å². The molecular formula is C25H41N3O9. The number of alkyl carbamates (subject to hydrolysis) is 1. The second-order valence-electron chi connectivity index (χ2n) is 8.41. The summed E-state index contributed by atoms with van der Waals surface area (Å²) in [4.78, 5) is 37.3. The molecule has 12 heteroatoms. The van der Waals surface area contributed by atoms with Crippen molar-refractivity contribution in [2.45, 2.75) is 39.5 Å². The average Bonchev–Trinajstić information content (AvgIpc) is 2.88. The van der Waals surface area contributed by atoms with E-state index in [4.69, 9.17) is 28.8 Å². The van der Waals surface area contributed by atoms with Crippen LogP contribution in [0.5, 0.6) is 0 Å². The van der Waals surface area contributed by atoms with Crippen molar-refractivity contribution in [2.24, 2.45) is 5.92 Å². The molecular weight excluding hydrogens is 486 g/mol. The quantitative estimate of drug-likeness (QED) is 0.193. The fraction of sp³-hybridized carbons (Fsp3) is 0.640. The lowest BCUT2D eigenvalue weighted by molar-refractivity contribution is -0.128. The van der Waals surface area contributed by atoms with Crippen molar-refractivity contribution in [3.05, 3.63) is 29.8 Å². The lowest BCUT2D eigenvalue weighted by Gasteiger charge is -2.23. The molecule has 210 valence electrons. The summed E-state index contributed by atoms with van der Waals surface area (Å²) in [6, 6.07) is 4.94. The number of aliphatic hydroxyl groups excluding tert-OH is 1. The van der Waals surface area contributed by atoms with E-state index in [2.05, 4.69) is 16.0 Å². The van der Waals surface area contributed by atoms with Gasteiger partial charge in [-0.3, -0.25) is 9.59 Å². The minimum atomic E-state index is -0.896. The first kappa shape index (κ1) is 32.3. The fourth-order valence-corrected chi connectivity index (χ4v) is 2.89.